The van der Waals surface area contributed by atoms with E-state index in [1.165, 1.54) is 6.07 Å². The van der Waals surface area contributed by atoms with Crippen LogP contribution in [-0.4, -0.2) is 37.0 Å². The number of hydrogen-bond donors (Lipinski definition) is 0. The number of methoxy groups -OCH3 is 1. The number of ether oxygens (including phenoxy) is 1. The minimum absolute atomic E-state index is 0.177. The van der Waals surface area contributed by atoms with Crippen LogP contribution in [0.25, 0.3) is 0 Å². The highest BCUT2D eigenvalue weighted by atomic mass is 79.9. The van der Waals surface area contributed by atoms with E-state index in [4.69, 9.17) is 4.74 Å². The van der Waals surface area contributed by atoms with Crippen molar-refractivity contribution in [2.45, 2.75) is 11.4 Å². The molecule has 0 aliphatic rings. The van der Waals surface area contributed by atoms with Crippen molar-refractivity contribution in [3.8, 4) is 0 Å². The summed E-state index contributed by atoms with van der Waals surface area (Å²) in [4.78, 5) is 2.32. The van der Waals surface area contributed by atoms with Gasteiger partial charge in [-0.1, -0.05) is 37.9 Å². The Labute approximate surface area is 118 Å². The van der Waals surface area contributed by atoms with Crippen LogP contribution in [0.4, 0.5) is 4.39 Å². The van der Waals surface area contributed by atoms with Crippen LogP contribution in [0, 0.1) is 5.82 Å². The van der Waals surface area contributed by atoms with Gasteiger partial charge in [-0.15, -0.1) is 0 Å². The normalized spacial score (nSPS) is 13.1. The first-order valence-electron chi connectivity index (χ1n) is 5.28. The monoisotopic (exact) mass is 367 g/mol. The number of alkyl halides is 1. The van der Waals surface area contributed by atoms with E-state index in [2.05, 4.69) is 36.8 Å². The lowest BCUT2D eigenvalue weighted by atomic mass is 10.2. The molecule has 1 atom stereocenters. The van der Waals surface area contributed by atoms with E-state index < -0.39 is 0 Å². The molecule has 2 nitrogen and oxygen atoms in total. The van der Waals surface area contributed by atoms with Gasteiger partial charge in [0.05, 0.1) is 11.4 Å². The fraction of sp³-hybridized carbons (Fsp3) is 0.500. The zero-order valence-electron chi connectivity index (χ0n) is 9.92. The summed E-state index contributed by atoms with van der Waals surface area (Å²) < 4.78 is 19.4. The predicted molar refractivity (Wildman–Crippen MR) is 75.0 cm³/mol. The molecule has 0 aliphatic carbocycles. The van der Waals surface area contributed by atoms with E-state index in [1.807, 2.05) is 13.1 Å². The minimum Gasteiger partial charge on any atom is -0.383 e. The summed E-state index contributed by atoms with van der Waals surface area (Å²) in [6.07, 6.45) is 0. The number of benzene rings is 1. The maximum absolute atomic E-state index is 13.6. The summed E-state index contributed by atoms with van der Waals surface area (Å²) in [6.45, 7) is 2.04. The third kappa shape index (κ3) is 5.46. The van der Waals surface area contributed by atoms with Gasteiger partial charge in [-0.3, -0.25) is 0 Å². The van der Waals surface area contributed by atoms with Crippen LogP contribution in [0.5, 0.6) is 0 Å². The molecule has 0 N–H and O–H groups in total. The molecule has 0 bridgehead atoms. The van der Waals surface area contributed by atoms with E-state index in [9.17, 15) is 4.39 Å². The van der Waals surface area contributed by atoms with Crippen molar-refractivity contribution in [1.29, 1.82) is 0 Å². The number of nitrogens with zero attached hydrogens (tertiary/aromatic N) is 1. The third-order valence-electron chi connectivity index (χ3n) is 2.31. The SMILES string of the molecule is COCC(Br)CN(C)Cc1ccc(Br)cc1F. The second kappa shape index (κ2) is 7.46. The van der Waals surface area contributed by atoms with E-state index in [0.29, 0.717) is 18.7 Å². The minimum atomic E-state index is -0.177. The van der Waals surface area contributed by atoms with Crippen molar-refractivity contribution in [3.63, 3.8) is 0 Å². The lowest BCUT2D eigenvalue weighted by Crippen LogP contribution is -2.28. The van der Waals surface area contributed by atoms with E-state index in [0.717, 1.165) is 11.0 Å². The standard InChI is InChI=1S/C12H16Br2FNO/c1-16(7-11(14)8-17-2)6-9-3-4-10(13)5-12(9)15/h3-5,11H,6-8H2,1-2H3. The number of rotatable bonds is 6. The van der Waals surface area contributed by atoms with Crippen molar-refractivity contribution >= 4 is 31.9 Å². The van der Waals surface area contributed by atoms with Gasteiger partial charge in [-0.2, -0.15) is 0 Å². The highest BCUT2D eigenvalue weighted by Crippen LogP contribution is 2.16. The van der Waals surface area contributed by atoms with Gasteiger partial charge in [0.1, 0.15) is 5.82 Å². The first-order valence-corrected chi connectivity index (χ1v) is 6.99. The van der Waals surface area contributed by atoms with Crippen LogP contribution in [-0.2, 0) is 11.3 Å². The van der Waals surface area contributed by atoms with Gasteiger partial charge in [0.15, 0.2) is 0 Å². The Balaban J connectivity index is 2.52. The Morgan fingerprint density at radius 1 is 1.47 bits per heavy atom. The summed E-state index contributed by atoms with van der Waals surface area (Å²) in [5, 5.41) is 0. The largest absolute Gasteiger partial charge is 0.383 e. The molecule has 0 heterocycles. The van der Waals surface area contributed by atoms with Crippen LogP contribution in [0.1, 0.15) is 5.56 Å². The van der Waals surface area contributed by atoms with Crippen LogP contribution < -0.4 is 0 Å². The first kappa shape index (κ1) is 15.1. The molecule has 1 rings (SSSR count). The Morgan fingerprint density at radius 2 is 2.18 bits per heavy atom. The van der Waals surface area contributed by atoms with Crippen LogP contribution in [0.3, 0.4) is 0 Å². The molecule has 0 saturated heterocycles. The highest BCUT2D eigenvalue weighted by Gasteiger charge is 2.10. The van der Waals surface area contributed by atoms with Gasteiger partial charge in [0.25, 0.3) is 0 Å². The molecule has 96 valence electrons. The fourth-order valence-electron chi connectivity index (χ4n) is 1.58. The van der Waals surface area contributed by atoms with E-state index >= 15 is 0 Å². The molecule has 0 amide bonds. The summed E-state index contributed by atoms with van der Waals surface area (Å²) in [6, 6.07) is 5.15. The Hall–Kier alpha value is 0.0300. The average Bonchev–Trinajstić information content (AvgIpc) is 2.22. The Morgan fingerprint density at radius 3 is 2.76 bits per heavy atom. The molecule has 1 unspecified atom stereocenters. The molecule has 0 saturated carbocycles. The molecular formula is C12H16Br2FNO. The van der Waals surface area contributed by atoms with Gasteiger partial charge >= 0.3 is 0 Å². The van der Waals surface area contributed by atoms with Gasteiger partial charge in [-0.05, 0) is 19.2 Å². The fourth-order valence-corrected chi connectivity index (χ4v) is 2.67. The molecule has 1 aromatic carbocycles. The Bertz CT molecular complexity index is 362. The molecular weight excluding hydrogens is 353 g/mol. The van der Waals surface area contributed by atoms with Crippen molar-refractivity contribution in [2.24, 2.45) is 0 Å². The second-order valence-electron chi connectivity index (χ2n) is 3.99. The highest BCUT2D eigenvalue weighted by molar-refractivity contribution is 9.10. The van der Waals surface area contributed by atoms with Crippen molar-refractivity contribution in [2.75, 3.05) is 27.3 Å². The third-order valence-corrected chi connectivity index (χ3v) is 3.36. The molecule has 0 aromatic heterocycles. The zero-order chi connectivity index (χ0) is 12.8. The maximum Gasteiger partial charge on any atom is 0.128 e. The summed E-state index contributed by atoms with van der Waals surface area (Å²) >= 11 is 6.76. The predicted octanol–water partition coefficient (Wildman–Crippen LogP) is 3.43. The lowest BCUT2D eigenvalue weighted by Gasteiger charge is -2.20. The van der Waals surface area contributed by atoms with Gasteiger partial charge < -0.3 is 9.64 Å². The molecule has 0 spiro atoms. The summed E-state index contributed by atoms with van der Waals surface area (Å²) in [7, 11) is 3.63. The first-order chi connectivity index (χ1) is 8.02. The molecule has 0 aliphatic heterocycles. The Kier molecular flexibility index (Phi) is 6.62. The molecule has 1 aromatic rings. The van der Waals surface area contributed by atoms with Gasteiger partial charge in [-0.25, -0.2) is 4.39 Å². The van der Waals surface area contributed by atoms with Crippen LogP contribution >= 0.6 is 31.9 Å². The second-order valence-corrected chi connectivity index (χ2v) is 6.20. The molecule has 17 heavy (non-hydrogen) atoms. The molecule has 0 fully saturated rings. The summed E-state index contributed by atoms with van der Waals surface area (Å²) in [5.41, 5.74) is 0.702. The van der Waals surface area contributed by atoms with Crippen LogP contribution in [0.2, 0.25) is 0 Å². The van der Waals surface area contributed by atoms with Crippen LogP contribution in [0.15, 0.2) is 22.7 Å². The van der Waals surface area contributed by atoms with Gasteiger partial charge in [0.2, 0.25) is 0 Å². The van der Waals surface area contributed by atoms with Crippen molar-refractivity contribution in [3.05, 3.63) is 34.1 Å². The lowest BCUT2D eigenvalue weighted by molar-refractivity contribution is 0.184. The quantitative estimate of drug-likeness (QED) is 0.713. The zero-order valence-corrected chi connectivity index (χ0v) is 13.1. The van der Waals surface area contributed by atoms with Crippen molar-refractivity contribution in [1.82, 2.24) is 4.90 Å². The maximum atomic E-state index is 13.6. The number of halogens is 3. The average molecular weight is 369 g/mol. The summed E-state index contributed by atoms with van der Waals surface area (Å²) in [5.74, 6) is -0.177. The topological polar surface area (TPSA) is 12.5 Å². The van der Waals surface area contributed by atoms with Crippen molar-refractivity contribution < 1.29 is 9.13 Å². The van der Waals surface area contributed by atoms with E-state index in [1.54, 1.807) is 13.2 Å². The smallest absolute Gasteiger partial charge is 0.128 e. The van der Waals surface area contributed by atoms with Gasteiger partial charge in [0, 0.05) is 30.2 Å². The van der Waals surface area contributed by atoms with E-state index in [-0.39, 0.29) is 10.6 Å². The molecule has 0 radical (unpaired) electrons. The number of hydrogen-bond acceptors (Lipinski definition) is 2. The molecule has 5 heteroatoms.